The van der Waals surface area contributed by atoms with Crippen LogP contribution in [-0.4, -0.2) is 25.8 Å². The fourth-order valence-electron chi connectivity index (χ4n) is 2.11. The van der Waals surface area contributed by atoms with Gasteiger partial charge in [0, 0.05) is 19.7 Å². The van der Waals surface area contributed by atoms with E-state index >= 15 is 0 Å². The first kappa shape index (κ1) is 12.2. The number of rotatable bonds is 3. The molecule has 2 heterocycles. The third kappa shape index (κ3) is 2.71. The van der Waals surface area contributed by atoms with Crippen LogP contribution < -0.4 is 10.6 Å². The molecule has 1 saturated heterocycles. The molecule has 0 bridgehead atoms. The summed E-state index contributed by atoms with van der Waals surface area (Å²) in [7, 11) is 0. The quantitative estimate of drug-likeness (QED) is 0.894. The molecule has 17 heavy (non-hydrogen) atoms. The van der Waals surface area contributed by atoms with Crippen LogP contribution in [-0.2, 0) is 4.74 Å². The lowest BCUT2D eigenvalue weighted by Gasteiger charge is -2.32. The highest BCUT2D eigenvalue weighted by Crippen LogP contribution is 2.33. The van der Waals surface area contributed by atoms with E-state index in [1.165, 1.54) is 11.3 Å². The van der Waals surface area contributed by atoms with Gasteiger partial charge in [-0.3, -0.25) is 0 Å². The zero-order valence-corrected chi connectivity index (χ0v) is 10.8. The lowest BCUT2D eigenvalue weighted by Crippen LogP contribution is -2.36. The van der Waals surface area contributed by atoms with Gasteiger partial charge in [-0.15, -0.1) is 11.3 Å². The second-order valence-corrected chi connectivity index (χ2v) is 5.15. The van der Waals surface area contributed by atoms with Crippen molar-refractivity contribution < 1.29 is 4.74 Å². The van der Waals surface area contributed by atoms with Gasteiger partial charge < -0.3 is 15.4 Å². The largest absolute Gasteiger partial charge is 0.397 e. The fourth-order valence-corrected chi connectivity index (χ4v) is 3.04. The van der Waals surface area contributed by atoms with Gasteiger partial charge in [0.25, 0.3) is 0 Å². The Morgan fingerprint density at radius 1 is 1.59 bits per heavy atom. The summed E-state index contributed by atoms with van der Waals surface area (Å²) in [6, 6.07) is 4.03. The third-order valence-corrected chi connectivity index (χ3v) is 4.12. The Morgan fingerprint density at radius 3 is 2.82 bits per heavy atom. The minimum Gasteiger partial charge on any atom is -0.397 e. The molecular formula is C12H17N3OS. The van der Waals surface area contributed by atoms with Gasteiger partial charge in [-0.25, -0.2) is 0 Å². The molecule has 1 aromatic heterocycles. The van der Waals surface area contributed by atoms with E-state index in [1.807, 2.05) is 13.0 Å². The molecule has 0 radical (unpaired) electrons. The van der Waals surface area contributed by atoms with E-state index in [4.69, 9.17) is 15.7 Å². The monoisotopic (exact) mass is 251 g/mol. The number of nitriles is 1. The molecule has 0 saturated carbocycles. The first-order valence-electron chi connectivity index (χ1n) is 5.90. The maximum Gasteiger partial charge on any atom is 0.129 e. The van der Waals surface area contributed by atoms with Crippen molar-refractivity contribution >= 4 is 22.0 Å². The molecule has 2 rings (SSSR count). The summed E-state index contributed by atoms with van der Waals surface area (Å²) in [5.74, 6) is 0. The van der Waals surface area contributed by atoms with Crippen LogP contribution in [0.4, 0.5) is 10.7 Å². The van der Waals surface area contributed by atoms with E-state index < -0.39 is 0 Å². The van der Waals surface area contributed by atoms with Crippen molar-refractivity contribution in [3.8, 4) is 6.07 Å². The van der Waals surface area contributed by atoms with E-state index in [9.17, 15) is 0 Å². The third-order valence-electron chi connectivity index (χ3n) is 3.01. The van der Waals surface area contributed by atoms with Crippen LogP contribution in [0.2, 0.25) is 0 Å². The summed E-state index contributed by atoms with van der Waals surface area (Å²) in [4.78, 5) is 2.91. The molecule has 2 N–H and O–H groups in total. The van der Waals surface area contributed by atoms with Crippen molar-refractivity contribution in [2.45, 2.75) is 25.9 Å². The van der Waals surface area contributed by atoms with Crippen molar-refractivity contribution in [2.24, 2.45) is 0 Å². The maximum atomic E-state index is 8.88. The minimum atomic E-state index is 0.393. The predicted octanol–water partition coefficient (Wildman–Crippen LogP) is 2.21. The number of nitrogens with two attached hydrogens (primary N) is 1. The van der Waals surface area contributed by atoms with Gasteiger partial charge in [-0.1, -0.05) is 0 Å². The summed E-state index contributed by atoms with van der Waals surface area (Å²) in [5, 5.41) is 9.99. The summed E-state index contributed by atoms with van der Waals surface area (Å²) in [6.07, 6.45) is 2.49. The number of thiophene rings is 1. The molecule has 1 aromatic rings. The van der Waals surface area contributed by atoms with Crippen LogP contribution in [0.5, 0.6) is 0 Å². The highest BCUT2D eigenvalue weighted by molar-refractivity contribution is 7.17. The average molecular weight is 251 g/mol. The number of hydrogen-bond acceptors (Lipinski definition) is 5. The first-order valence-corrected chi connectivity index (χ1v) is 6.72. The van der Waals surface area contributed by atoms with Gasteiger partial charge in [-0.05, 0) is 25.8 Å². The molecule has 0 amide bonds. The average Bonchev–Trinajstić information content (AvgIpc) is 2.72. The molecule has 4 nitrogen and oxygen atoms in total. The summed E-state index contributed by atoms with van der Waals surface area (Å²) >= 11 is 1.48. The number of nitrogen functional groups attached to an aromatic ring is 1. The molecule has 1 aliphatic rings. The van der Waals surface area contributed by atoms with Crippen molar-refractivity contribution in [2.75, 3.05) is 30.3 Å². The van der Waals surface area contributed by atoms with Crippen LogP contribution in [0, 0.1) is 11.3 Å². The second kappa shape index (κ2) is 5.39. The summed E-state index contributed by atoms with van der Waals surface area (Å²) < 4.78 is 5.62. The zero-order chi connectivity index (χ0) is 12.3. The Kier molecular flexibility index (Phi) is 3.87. The molecule has 5 heteroatoms. The molecular weight excluding hydrogens is 234 g/mol. The number of ether oxygens (including phenoxy) is 1. The first-order chi connectivity index (χ1) is 8.24. The Labute approximate surface area is 106 Å². The Hall–Kier alpha value is -1.25. The van der Waals surface area contributed by atoms with Crippen molar-refractivity contribution in [3.05, 3.63) is 10.9 Å². The normalized spacial score (nSPS) is 17.1. The van der Waals surface area contributed by atoms with Crippen LogP contribution in [0.15, 0.2) is 6.07 Å². The highest BCUT2D eigenvalue weighted by Gasteiger charge is 2.21. The van der Waals surface area contributed by atoms with E-state index in [-0.39, 0.29) is 0 Å². The van der Waals surface area contributed by atoms with Gasteiger partial charge in [0.1, 0.15) is 10.9 Å². The van der Waals surface area contributed by atoms with Crippen molar-refractivity contribution in [1.29, 1.82) is 5.26 Å². The van der Waals surface area contributed by atoms with Crippen molar-refractivity contribution in [3.63, 3.8) is 0 Å². The van der Waals surface area contributed by atoms with E-state index in [0.717, 1.165) is 37.5 Å². The van der Waals surface area contributed by atoms with Crippen LogP contribution >= 0.6 is 11.3 Å². The lowest BCUT2D eigenvalue weighted by atomic mass is 10.1. The second-order valence-electron chi connectivity index (χ2n) is 4.12. The SMILES string of the molecule is CCOC1CCN(c2cc(N)c(C#N)s2)CC1. The zero-order valence-electron chi connectivity index (χ0n) is 9.98. The topological polar surface area (TPSA) is 62.3 Å². The Morgan fingerprint density at radius 2 is 2.29 bits per heavy atom. The van der Waals surface area contributed by atoms with Crippen molar-refractivity contribution in [1.82, 2.24) is 0 Å². The summed E-state index contributed by atoms with van der Waals surface area (Å²) in [6.45, 7) is 4.78. The van der Waals surface area contributed by atoms with Gasteiger partial charge in [0.05, 0.1) is 16.8 Å². The highest BCUT2D eigenvalue weighted by atomic mass is 32.1. The number of anilines is 2. The van der Waals surface area contributed by atoms with Gasteiger partial charge in [0.15, 0.2) is 0 Å². The Balaban J connectivity index is 1.98. The molecule has 0 unspecified atom stereocenters. The molecule has 92 valence electrons. The molecule has 0 spiro atoms. The van der Waals surface area contributed by atoms with E-state index in [2.05, 4.69) is 11.0 Å². The predicted molar refractivity (Wildman–Crippen MR) is 70.3 cm³/mol. The number of hydrogen-bond donors (Lipinski definition) is 1. The maximum absolute atomic E-state index is 8.88. The Bertz CT molecular complexity index is 416. The van der Waals surface area contributed by atoms with E-state index in [0.29, 0.717) is 16.7 Å². The van der Waals surface area contributed by atoms with Gasteiger partial charge in [0.2, 0.25) is 0 Å². The van der Waals surface area contributed by atoms with Gasteiger partial charge in [-0.2, -0.15) is 5.26 Å². The molecule has 0 aliphatic carbocycles. The summed E-state index contributed by atoms with van der Waals surface area (Å²) in [5.41, 5.74) is 6.37. The molecule has 0 atom stereocenters. The standard InChI is InChI=1S/C12H17N3OS/c1-2-16-9-3-5-15(6-4-9)12-7-10(14)11(8-13)17-12/h7,9H,2-6,14H2,1H3. The lowest BCUT2D eigenvalue weighted by molar-refractivity contribution is 0.0460. The smallest absolute Gasteiger partial charge is 0.129 e. The van der Waals surface area contributed by atoms with Gasteiger partial charge >= 0.3 is 0 Å². The van der Waals surface area contributed by atoms with Crippen LogP contribution in [0.25, 0.3) is 0 Å². The van der Waals surface area contributed by atoms with Crippen LogP contribution in [0.3, 0.4) is 0 Å². The fraction of sp³-hybridized carbons (Fsp3) is 0.583. The van der Waals surface area contributed by atoms with Crippen LogP contribution in [0.1, 0.15) is 24.6 Å². The number of nitrogens with zero attached hydrogens (tertiary/aromatic N) is 2. The molecule has 0 aromatic carbocycles. The molecule has 1 fully saturated rings. The number of piperidine rings is 1. The minimum absolute atomic E-state index is 0.393. The van der Waals surface area contributed by atoms with E-state index in [1.54, 1.807) is 0 Å². The molecule has 1 aliphatic heterocycles.